The molecule has 0 spiro atoms. The van der Waals surface area contributed by atoms with Crippen LogP contribution in [0.4, 0.5) is 11.6 Å². The molecule has 2 aromatic carbocycles. The lowest BCUT2D eigenvalue weighted by Crippen LogP contribution is -2.49. The predicted molar refractivity (Wildman–Crippen MR) is 167 cm³/mol. The number of fused-ring (bicyclic) bond motifs is 1. The Kier molecular flexibility index (Phi) is 9.42. The van der Waals surface area contributed by atoms with Crippen LogP contribution in [0.5, 0.6) is 5.88 Å². The number of nitrogen functional groups attached to an aromatic ring is 1. The fourth-order valence-corrected chi connectivity index (χ4v) is 6.01. The first-order chi connectivity index (χ1) is 22.1. The summed E-state index contributed by atoms with van der Waals surface area (Å²) in [6, 6.07) is 16.0. The molecular weight excluding hydrogens is 592 g/mol. The number of nitrogens with one attached hydrogen (secondary N) is 2. The van der Waals surface area contributed by atoms with E-state index in [2.05, 4.69) is 20.6 Å². The van der Waals surface area contributed by atoms with Crippen molar-refractivity contribution >= 4 is 42.0 Å². The number of carbonyl (C=O) groups is 5. The maximum atomic E-state index is 13.6. The largest absolute Gasteiger partial charge is 0.478 e. The molecule has 2 amide bonds. The van der Waals surface area contributed by atoms with Gasteiger partial charge in [0.25, 0.3) is 5.91 Å². The summed E-state index contributed by atoms with van der Waals surface area (Å²) in [6.45, 7) is 3.55. The second-order valence-electron chi connectivity index (χ2n) is 11.6. The van der Waals surface area contributed by atoms with Crippen molar-refractivity contribution in [2.45, 2.75) is 50.8 Å². The lowest BCUT2D eigenvalue weighted by atomic mass is 9.81. The van der Waals surface area contributed by atoms with Crippen LogP contribution in [0, 0.1) is 12.8 Å². The maximum absolute atomic E-state index is 13.6. The monoisotopic (exact) mass is 628 g/mol. The Bertz CT molecular complexity index is 1630. The van der Waals surface area contributed by atoms with Crippen molar-refractivity contribution in [1.29, 1.82) is 0 Å². The van der Waals surface area contributed by atoms with Crippen molar-refractivity contribution in [3.8, 4) is 5.88 Å². The summed E-state index contributed by atoms with van der Waals surface area (Å²) >= 11 is 0. The van der Waals surface area contributed by atoms with Crippen LogP contribution in [0.3, 0.4) is 0 Å². The molecule has 240 valence electrons. The third kappa shape index (κ3) is 6.45. The molecule has 13 heteroatoms. The van der Waals surface area contributed by atoms with Gasteiger partial charge in [0.15, 0.2) is 0 Å². The van der Waals surface area contributed by atoms with Gasteiger partial charge in [-0.3, -0.25) is 14.9 Å². The molecule has 3 atom stereocenters. The minimum absolute atomic E-state index is 0.0304. The molecule has 1 saturated heterocycles. The van der Waals surface area contributed by atoms with Crippen molar-refractivity contribution in [2.75, 3.05) is 30.3 Å². The van der Waals surface area contributed by atoms with E-state index in [-0.39, 0.29) is 38.0 Å². The van der Waals surface area contributed by atoms with Gasteiger partial charge in [-0.25, -0.2) is 9.78 Å². The molecule has 3 aromatic rings. The highest BCUT2D eigenvalue weighted by Gasteiger charge is 2.75. The number of esters is 1. The van der Waals surface area contributed by atoms with Crippen molar-refractivity contribution in [3.63, 3.8) is 0 Å². The average Bonchev–Trinajstić information content (AvgIpc) is 3.75. The number of aldehydes is 2. The first kappa shape index (κ1) is 32.2. The number of nitrogens with two attached hydrogens (primary N) is 1. The van der Waals surface area contributed by atoms with Gasteiger partial charge >= 0.3 is 5.97 Å². The maximum Gasteiger partial charge on any atom is 0.329 e. The Labute approximate surface area is 265 Å². The highest BCUT2D eigenvalue weighted by Crippen LogP contribution is 2.47. The number of rotatable bonds is 14. The first-order valence-corrected chi connectivity index (χ1v) is 15.0. The molecule has 4 N–H and O–H groups in total. The highest BCUT2D eigenvalue weighted by atomic mass is 16.5. The topological polar surface area (TPSA) is 193 Å². The molecule has 1 aromatic heterocycles. The third-order valence-electron chi connectivity index (χ3n) is 8.40. The molecule has 1 fully saturated rings. The van der Waals surface area contributed by atoms with E-state index in [1.807, 2.05) is 24.3 Å². The van der Waals surface area contributed by atoms with Gasteiger partial charge in [0.2, 0.25) is 17.7 Å². The van der Waals surface area contributed by atoms with E-state index in [9.17, 15) is 24.0 Å². The highest BCUT2D eigenvalue weighted by molar-refractivity contribution is 6.10. The molecule has 5 rings (SSSR count). The zero-order chi connectivity index (χ0) is 32.9. The molecule has 0 saturated carbocycles. The average molecular weight is 629 g/mol. The van der Waals surface area contributed by atoms with Gasteiger partial charge < -0.3 is 35.0 Å². The number of benzene rings is 2. The quantitative estimate of drug-likeness (QED) is 0.102. The van der Waals surface area contributed by atoms with Crippen molar-refractivity contribution < 1.29 is 33.4 Å². The first-order valence-electron chi connectivity index (χ1n) is 15.0. The van der Waals surface area contributed by atoms with Gasteiger partial charge in [0.1, 0.15) is 30.3 Å². The van der Waals surface area contributed by atoms with Gasteiger partial charge in [-0.15, -0.1) is 0 Å². The number of aryl methyl sites for hydroxylation is 2. The zero-order valence-electron chi connectivity index (χ0n) is 25.7. The standard InChI is InChI=1S/C33H36N6O7/c1-21(33(32(20-41,38-33)12-13-40)30(44)46-19-24-7-4-3-5-8-24)18-39-26-11-10-23(16-25(26)29(43)35-17-28(39)42)9-6-14-45-27-15-22(2)36-31(34)37-27/h3-5,7-8,10-11,13,15-16,20-21,38H,6,9,12,14,17-19H2,1-2H3,(H,35,43)(H2,34,36,37)/t21?,32?,33-/m0/s1. The van der Waals surface area contributed by atoms with Crippen LogP contribution >= 0.6 is 0 Å². The lowest BCUT2D eigenvalue weighted by molar-refractivity contribution is -0.150. The van der Waals surface area contributed by atoms with Crippen LogP contribution in [0.15, 0.2) is 54.6 Å². The van der Waals surface area contributed by atoms with Crippen molar-refractivity contribution in [2.24, 2.45) is 5.92 Å². The van der Waals surface area contributed by atoms with E-state index >= 15 is 0 Å². The summed E-state index contributed by atoms with van der Waals surface area (Å²) in [7, 11) is 0. The Morgan fingerprint density at radius 3 is 2.61 bits per heavy atom. The van der Waals surface area contributed by atoms with Gasteiger partial charge in [-0.1, -0.05) is 43.3 Å². The molecule has 0 aliphatic carbocycles. The minimum atomic E-state index is -1.55. The number of aromatic nitrogens is 2. The molecule has 3 heterocycles. The van der Waals surface area contributed by atoms with Gasteiger partial charge in [-0.2, -0.15) is 4.98 Å². The smallest absolute Gasteiger partial charge is 0.329 e. The molecule has 0 bridgehead atoms. The number of nitrogens with zero attached hydrogens (tertiary/aromatic N) is 3. The molecule has 2 aliphatic rings. The SMILES string of the molecule is Cc1cc(OCCCc2ccc3c(c2)C(=O)NCC(=O)N3CC(C)[C@@]2(C(=O)OCc3ccccc3)NC2(C=O)CC=O)nc(N)n1. The Morgan fingerprint density at radius 2 is 1.89 bits per heavy atom. The van der Waals surface area contributed by atoms with Crippen LogP contribution in [-0.2, 0) is 36.9 Å². The van der Waals surface area contributed by atoms with Crippen molar-refractivity contribution in [3.05, 3.63) is 77.0 Å². The van der Waals surface area contributed by atoms with Crippen LogP contribution in [0.25, 0.3) is 0 Å². The summed E-state index contributed by atoms with van der Waals surface area (Å²) in [4.78, 5) is 73.4. The van der Waals surface area contributed by atoms with E-state index in [4.69, 9.17) is 15.2 Å². The van der Waals surface area contributed by atoms with Gasteiger partial charge in [-0.05, 0) is 43.0 Å². The lowest BCUT2D eigenvalue weighted by Gasteiger charge is -2.30. The molecular formula is C33H36N6O7. The van der Waals surface area contributed by atoms with E-state index in [0.717, 1.165) is 11.1 Å². The second kappa shape index (κ2) is 13.4. The third-order valence-corrected chi connectivity index (χ3v) is 8.40. The molecule has 2 aliphatic heterocycles. The number of hydrogen-bond acceptors (Lipinski definition) is 11. The van der Waals surface area contributed by atoms with E-state index in [0.29, 0.717) is 54.8 Å². The van der Waals surface area contributed by atoms with Crippen LogP contribution < -0.4 is 26.0 Å². The fraction of sp³-hybridized carbons (Fsp3) is 0.364. The minimum Gasteiger partial charge on any atom is -0.478 e. The van der Waals surface area contributed by atoms with Crippen LogP contribution in [0.1, 0.15) is 46.9 Å². The van der Waals surface area contributed by atoms with Crippen LogP contribution in [-0.4, -0.2) is 71.1 Å². The van der Waals surface area contributed by atoms with Crippen molar-refractivity contribution in [1.82, 2.24) is 20.6 Å². The summed E-state index contributed by atoms with van der Waals surface area (Å²) in [5, 5.41) is 5.62. The van der Waals surface area contributed by atoms with E-state index in [1.54, 1.807) is 44.2 Å². The van der Waals surface area contributed by atoms with E-state index in [1.165, 1.54) is 4.90 Å². The number of hydrogen-bond donors (Lipinski definition) is 3. The fourth-order valence-electron chi connectivity index (χ4n) is 6.01. The Morgan fingerprint density at radius 1 is 1.11 bits per heavy atom. The summed E-state index contributed by atoms with van der Waals surface area (Å²) in [5.74, 6) is -1.68. The van der Waals surface area contributed by atoms with Gasteiger partial charge in [0, 0.05) is 30.6 Å². The molecule has 13 nitrogen and oxygen atoms in total. The zero-order valence-corrected chi connectivity index (χ0v) is 25.7. The second-order valence-corrected chi connectivity index (χ2v) is 11.6. The van der Waals surface area contributed by atoms with E-state index < -0.39 is 28.9 Å². The molecule has 46 heavy (non-hydrogen) atoms. The number of anilines is 2. The number of ether oxygens (including phenoxy) is 2. The number of carbonyl (C=O) groups excluding carboxylic acids is 5. The number of amides is 2. The summed E-state index contributed by atoms with van der Waals surface area (Å²) < 4.78 is 11.3. The summed E-state index contributed by atoms with van der Waals surface area (Å²) in [5.41, 5.74) is 5.63. The van der Waals surface area contributed by atoms with Gasteiger partial charge in [0.05, 0.1) is 24.4 Å². The molecule has 0 radical (unpaired) electrons. The Balaban J connectivity index is 1.33. The summed E-state index contributed by atoms with van der Waals surface area (Å²) in [6.07, 6.45) is 2.09. The predicted octanol–water partition coefficient (Wildman–Crippen LogP) is 1.70. The molecule has 2 unspecified atom stereocenters. The van der Waals surface area contributed by atoms with Crippen LogP contribution in [0.2, 0.25) is 0 Å². The Hall–Kier alpha value is -5.17. The normalized spacial score (nSPS) is 21.0.